The number of nitrogens with one attached hydrogen (secondary N) is 2. The fraction of sp³-hybridized carbons (Fsp3) is 0.804. The van der Waals surface area contributed by atoms with Crippen LogP contribution in [0.5, 0.6) is 0 Å². The third-order valence-electron chi connectivity index (χ3n) is 9.95. The molecule has 0 heterocycles. The molecule has 0 saturated carbocycles. The van der Waals surface area contributed by atoms with Crippen LogP contribution in [0.3, 0.4) is 0 Å². The Balaban J connectivity index is -0.00000133. The summed E-state index contributed by atoms with van der Waals surface area (Å²) in [5.74, 6) is -8.50. The first-order valence-corrected chi connectivity index (χ1v) is 27.4. The van der Waals surface area contributed by atoms with Crippen LogP contribution in [0.4, 0.5) is 0 Å². The van der Waals surface area contributed by atoms with Gasteiger partial charge in [-0.1, -0.05) is 6.92 Å². The van der Waals surface area contributed by atoms with Crippen LogP contribution in [0, 0.1) is 0 Å². The van der Waals surface area contributed by atoms with Crippen LogP contribution >= 0.6 is 0 Å². The minimum atomic E-state index is -1.14. The van der Waals surface area contributed by atoms with Crippen LogP contribution in [-0.2, 0) is 105 Å². The molecule has 2 amide bonds. The number of ether oxygens (including phenoxy) is 12. The van der Waals surface area contributed by atoms with E-state index in [0.29, 0.717) is 65.9 Å². The average molecular weight is 1260 g/mol. The molecule has 502 valence electrons. The van der Waals surface area contributed by atoms with Gasteiger partial charge in [-0.15, -0.1) is 0 Å². The molecule has 0 fully saturated rings. The van der Waals surface area contributed by atoms with Gasteiger partial charge in [0, 0.05) is 66.5 Å². The van der Waals surface area contributed by atoms with Crippen molar-refractivity contribution in [3.63, 3.8) is 0 Å². The van der Waals surface area contributed by atoms with E-state index in [4.69, 9.17) is 92.6 Å². The maximum atomic E-state index is 12.2. The van der Waals surface area contributed by atoms with Gasteiger partial charge in [0.05, 0.1) is 178 Å². The quantitative estimate of drug-likeness (QED) is 0.0261. The van der Waals surface area contributed by atoms with E-state index in [2.05, 4.69) is 17.6 Å². The Hall–Kier alpha value is -5.74. The van der Waals surface area contributed by atoms with Gasteiger partial charge in [-0.3, -0.25) is 67.5 Å². The number of hydrogen-bond donors (Lipinski definition) is 9. The highest BCUT2D eigenvalue weighted by Crippen LogP contribution is 1.97. The van der Waals surface area contributed by atoms with Crippen LogP contribution in [0.15, 0.2) is 0 Å². The largest absolute Gasteiger partial charge is 0.480 e. The molecule has 0 aromatic heterocycles. The van der Waals surface area contributed by atoms with Gasteiger partial charge in [-0.25, -0.2) is 0 Å². The molecule has 0 aliphatic rings. The molecule has 0 bridgehead atoms. The number of rotatable bonds is 61. The van der Waals surface area contributed by atoms with E-state index >= 15 is 0 Å². The van der Waals surface area contributed by atoms with Gasteiger partial charge in [0.25, 0.3) is 0 Å². The maximum absolute atomic E-state index is 12.2. The predicted molar refractivity (Wildman–Crippen MR) is 297 cm³/mol. The van der Waals surface area contributed by atoms with Crippen molar-refractivity contribution in [2.24, 2.45) is 0 Å². The molecule has 0 atom stereocenters. The monoisotopic (exact) mass is 1250 g/mol. The Kier molecular flexibility index (Phi) is 61.2. The molecule has 0 aromatic carbocycles. The zero-order chi connectivity index (χ0) is 64.9. The van der Waals surface area contributed by atoms with E-state index < -0.39 is 81.1 Å². The number of carboxylic acids is 7. The van der Waals surface area contributed by atoms with E-state index in [1.807, 2.05) is 0 Å². The van der Waals surface area contributed by atoms with E-state index in [9.17, 15) is 47.9 Å². The lowest BCUT2D eigenvalue weighted by Crippen LogP contribution is -2.37. The average Bonchev–Trinajstić information content (AvgIpc) is 3.58. The lowest BCUT2D eigenvalue weighted by atomic mass is 10.2. The predicted octanol–water partition coefficient (Wildman–Crippen LogP) is -4.18. The Morgan fingerprint density at radius 3 is 0.814 bits per heavy atom. The highest BCUT2D eigenvalue weighted by atomic mass is 16.5. The van der Waals surface area contributed by atoms with E-state index in [1.54, 1.807) is 14.2 Å². The normalized spacial score (nSPS) is 11.0. The van der Waals surface area contributed by atoms with E-state index in [-0.39, 0.29) is 149 Å². The van der Waals surface area contributed by atoms with Crippen molar-refractivity contribution in [2.75, 3.05) is 251 Å². The number of carboxylic acid groups (broad SMARTS) is 7. The molecule has 9 N–H and O–H groups in total. The second-order valence-corrected chi connectivity index (χ2v) is 17.6. The molecule has 0 radical (unpaired) electrons. The van der Waals surface area contributed by atoms with Gasteiger partial charge < -0.3 is 103 Å². The van der Waals surface area contributed by atoms with Crippen molar-refractivity contribution in [2.45, 2.75) is 19.8 Å². The number of amides is 2. The number of aliphatic carboxylic acids is 7. The van der Waals surface area contributed by atoms with Crippen molar-refractivity contribution in [3.05, 3.63) is 0 Å². The Bertz CT molecular complexity index is 1700. The van der Waals surface area contributed by atoms with E-state index in [0.717, 1.165) is 13.0 Å². The van der Waals surface area contributed by atoms with Crippen LogP contribution in [0.25, 0.3) is 0 Å². The Morgan fingerprint density at radius 2 is 0.547 bits per heavy atom. The molecular formula is C51H94N6O29. The molecule has 86 heavy (non-hydrogen) atoms. The first-order chi connectivity index (χ1) is 41.1. The number of hydrogen-bond acceptors (Lipinski definition) is 26. The van der Waals surface area contributed by atoms with Crippen molar-refractivity contribution in [1.82, 2.24) is 30.2 Å². The van der Waals surface area contributed by atoms with Crippen molar-refractivity contribution < 1.29 is 141 Å². The molecule has 0 saturated heterocycles. The van der Waals surface area contributed by atoms with Crippen molar-refractivity contribution in [1.29, 1.82) is 0 Å². The molecular weight excluding hydrogens is 1160 g/mol. The van der Waals surface area contributed by atoms with Crippen molar-refractivity contribution in [3.8, 4) is 0 Å². The molecule has 0 spiro atoms. The topological polar surface area (TPSA) is 460 Å². The molecule has 0 aromatic rings. The van der Waals surface area contributed by atoms with Crippen molar-refractivity contribution >= 4 is 59.4 Å². The maximum Gasteiger partial charge on any atom is 0.317 e. The van der Waals surface area contributed by atoms with Crippen LogP contribution < -0.4 is 10.6 Å². The summed E-state index contributed by atoms with van der Waals surface area (Å²) in [5, 5.41) is 66.8. The van der Waals surface area contributed by atoms with Gasteiger partial charge in [-0.05, 0) is 6.42 Å². The summed E-state index contributed by atoms with van der Waals surface area (Å²) >= 11 is 0. The minimum Gasteiger partial charge on any atom is -0.480 e. The number of Topliss-reactive ketones (excluding diaryl/α,β-unsaturated/α-hetero) is 1. The standard InChI is InChI=1S/C25H45N3O14.C14H24N2O10.C12H25NO5/c1-37-10-11-42-20-22(30)26-3-7-39-13-12-38-6-2-21(29)16-27(17-23(31)32)4-8-40-14-15-41-9-5-28(18-24(33)34)19-25(35)36;17-11(18)7-15(8-12(19)20)1-3-25-5-6-26-4-2-16(9-13(21)22)10-14(23)24;1-3-5-16-9-10-17-6-4-13-12(14)11-18-8-7-15-2/h2-20H2,1H3,(H,26,30)(H,31,32)(H,33,34)(H,35,36);1-10H2,(H,17,18)(H,19,20)(H,21,22)(H,23,24);3-11H2,1-2H3,(H,13,14). The zero-order valence-electron chi connectivity index (χ0n) is 49.8. The van der Waals surface area contributed by atoms with Gasteiger partial charge in [-0.2, -0.15) is 0 Å². The lowest BCUT2D eigenvalue weighted by molar-refractivity contribution is -0.144. The first-order valence-electron chi connectivity index (χ1n) is 27.4. The van der Waals surface area contributed by atoms with Gasteiger partial charge in [0.1, 0.15) is 19.0 Å². The summed E-state index contributed by atoms with van der Waals surface area (Å²) in [4.78, 5) is 115. The van der Waals surface area contributed by atoms with Gasteiger partial charge in [0.2, 0.25) is 11.8 Å². The second-order valence-electron chi connectivity index (χ2n) is 17.6. The van der Waals surface area contributed by atoms with Crippen LogP contribution in [-0.4, -0.2) is 366 Å². The summed E-state index contributed by atoms with van der Waals surface area (Å²) in [6.45, 7) is 6.84. The summed E-state index contributed by atoms with van der Waals surface area (Å²) in [6.07, 6.45) is 1.11. The summed E-state index contributed by atoms with van der Waals surface area (Å²) < 4.78 is 62.1. The number of ketones is 1. The van der Waals surface area contributed by atoms with Crippen LogP contribution in [0.2, 0.25) is 0 Å². The number of carbonyl (C=O) groups excluding carboxylic acids is 3. The molecule has 0 unspecified atom stereocenters. The highest BCUT2D eigenvalue weighted by Gasteiger charge is 2.17. The van der Waals surface area contributed by atoms with E-state index in [1.165, 1.54) is 19.6 Å². The highest BCUT2D eigenvalue weighted by molar-refractivity contribution is 5.81. The fourth-order valence-electron chi connectivity index (χ4n) is 6.16. The third kappa shape index (κ3) is 69.0. The zero-order valence-corrected chi connectivity index (χ0v) is 49.8. The van der Waals surface area contributed by atoms with Gasteiger partial charge >= 0.3 is 41.8 Å². The number of carbonyl (C=O) groups is 10. The minimum absolute atomic E-state index is 0.0525. The fourth-order valence-corrected chi connectivity index (χ4v) is 6.16. The first kappa shape index (κ1) is 84.5. The SMILES string of the molecule is CCCOCCOCCNC(=O)COCCOC.COCCOCC(=O)NCCOCCOCCC(=O)CN(CCOCCOCCN(CC(=O)O)CC(=O)O)CC(=O)O.O=C(O)CN(CCOCCOCCN(CC(=O)O)CC(=O)O)CC(=O)O. The number of nitrogens with zero attached hydrogens (tertiary/aromatic N) is 4. The Labute approximate surface area is 500 Å². The smallest absolute Gasteiger partial charge is 0.317 e. The summed E-state index contributed by atoms with van der Waals surface area (Å²) in [5.41, 5.74) is 0. The molecule has 35 heteroatoms. The Morgan fingerprint density at radius 1 is 0.302 bits per heavy atom. The molecule has 0 aliphatic carbocycles. The van der Waals surface area contributed by atoms with Crippen LogP contribution in [0.1, 0.15) is 19.8 Å². The van der Waals surface area contributed by atoms with Gasteiger partial charge in [0.15, 0.2) is 0 Å². The number of methoxy groups -OCH3 is 2. The summed E-state index contributed by atoms with van der Waals surface area (Å²) in [6, 6.07) is 0. The molecule has 35 nitrogen and oxygen atoms in total. The summed E-state index contributed by atoms with van der Waals surface area (Å²) in [7, 11) is 3.13. The lowest BCUT2D eigenvalue weighted by Gasteiger charge is -2.19. The second kappa shape index (κ2) is 62.3. The molecule has 0 rings (SSSR count). The molecule has 0 aliphatic heterocycles. The third-order valence-corrected chi connectivity index (χ3v) is 9.95.